The van der Waals surface area contributed by atoms with Crippen LogP contribution in [-0.2, 0) is 6.42 Å². The van der Waals surface area contributed by atoms with E-state index in [1.807, 2.05) is 41.3 Å². The lowest BCUT2D eigenvalue weighted by atomic mass is 9.93. The predicted molar refractivity (Wildman–Crippen MR) is 91.7 cm³/mol. The van der Waals surface area contributed by atoms with Crippen molar-refractivity contribution in [2.75, 3.05) is 25.1 Å². The van der Waals surface area contributed by atoms with E-state index in [2.05, 4.69) is 18.3 Å². The van der Waals surface area contributed by atoms with Gasteiger partial charge in [-0.15, -0.1) is 0 Å². The molecule has 2 amide bonds. The number of para-hydroxylation sites is 1. The minimum atomic E-state index is -0.0748. The van der Waals surface area contributed by atoms with Crippen LogP contribution in [0.1, 0.15) is 24.1 Å². The maximum Gasteiger partial charge on any atom is 0.322 e. The van der Waals surface area contributed by atoms with Crippen LogP contribution in [0.2, 0.25) is 0 Å². The Morgan fingerprint density at radius 2 is 1.83 bits per heavy atom. The van der Waals surface area contributed by atoms with E-state index in [0.29, 0.717) is 19.8 Å². The lowest BCUT2D eigenvalue weighted by molar-refractivity contribution is 0.168. The number of benzene rings is 2. The second-order valence-corrected chi connectivity index (χ2v) is 6.11. The average molecular weight is 324 g/mol. The van der Waals surface area contributed by atoms with E-state index < -0.39 is 0 Å². The molecule has 0 fully saturated rings. The molecule has 0 spiro atoms. The SMILES string of the molecule is CC1c2cc3c(cc2CCN1C(=O)Nc1ccccc1)OCCO3. The van der Waals surface area contributed by atoms with Crippen molar-refractivity contribution in [3.05, 3.63) is 53.6 Å². The molecular weight excluding hydrogens is 304 g/mol. The molecule has 2 aliphatic rings. The number of hydrogen-bond donors (Lipinski definition) is 1. The maximum atomic E-state index is 12.6. The summed E-state index contributed by atoms with van der Waals surface area (Å²) in [6.45, 7) is 3.90. The number of anilines is 1. The number of rotatable bonds is 1. The van der Waals surface area contributed by atoms with Crippen LogP contribution in [0.5, 0.6) is 11.5 Å². The van der Waals surface area contributed by atoms with Crippen molar-refractivity contribution < 1.29 is 14.3 Å². The van der Waals surface area contributed by atoms with Gasteiger partial charge < -0.3 is 19.7 Å². The highest BCUT2D eigenvalue weighted by molar-refractivity contribution is 5.89. The van der Waals surface area contributed by atoms with Crippen LogP contribution in [0.25, 0.3) is 0 Å². The first-order chi connectivity index (χ1) is 11.7. The third-order valence-corrected chi connectivity index (χ3v) is 4.63. The summed E-state index contributed by atoms with van der Waals surface area (Å²) in [7, 11) is 0. The van der Waals surface area contributed by atoms with E-state index in [4.69, 9.17) is 9.47 Å². The zero-order valence-corrected chi connectivity index (χ0v) is 13.6. The number of fused-ring (bicyclic) bond motifs is 2. The minimum absolute atomic E-state index is 0.00621. The van der Waals surface area contributed by atoms with E-state index in [0.717, 1.165) is 29.2 Å². The van der Waals surface area contributed by atoms with Crippen LogP contribution in [0.4, 0.5) is 10.5 Å². The van der Waals surface area contributed by atoms with Crippen molar-refractivity contribution >= 4 is 11.7 Å². The van der Waals surface area contributed by atoms with Crippen LogP contribution >= 0.6 is 0 Å². The summed E-state index contributed by atoms with van der Waals surface area (Å²) in [4.78, 5) is 14.5. The smallest absolute Gasteiger partial charge is 0.322 e. The maximum absolute atomic E-state index is 12.6. The molecule has 0 aliphatic carbocycles. The predicted octanol–water partition coefficient (Wildman–Crippen LogP) is 3.61. The number of nitrogens with zero attached hydrogens (tertiary/aromatic N) is 1. The Morgan fingerprint density at radius 1 is 1.12 bits per heavy atom. The van der Waals surface area contributed by atoms with Crippen molar-refractivity contribution in [3.8, 4) is 11.5 Å². The average Bonchev–Trinajstić information content (AvgIpc) is 2.61. The Labute approximate surface area is 141 Å². The summed E-state index contributed by atoms with van der Waals surface area (Å²) in [6.07, 6.45) is 0.818. The van der Waals surface area contributed by atoms with Gasteiger partial charge in [-0.1, -0.05) is 18.2 Å². The Bertz CT molecular complexity index is 761. The van der Waals surface area contributed by atoms with Gasteiger partial charge in [-0.3, -0.25) is 0 Å². The van der Waals surface area contributed by atoms with Crippen LogP contribution in [0.15, 0.2) is 42.5 Å². The van der Waals surface area contributed by atoms with Crippen molar-refractivity contribution in [2.24, 2.45) is 0 Å². The molecule has 24 heavy (non-hydrogen) atoms. The molecule has 2 aromatic rings. The molecule has 0 saturated heterocycles. The van der Waals surface area contributed by atoms with Gasteiger partial charge in [-0.2, -0.15) is 0 Å². The second kappa shape index (κ2) is 6.07. The fourth-order valence-electron chi connectivity index (χ4n) is 3.35. The molecular formula is C19H20N2O3. The molecule has 2 heterocycles. The third-order valence-electron chi connectivity index (χ3n) is 4.63. The zero-order chi connectivity index (χ0) is 16.5. The number of urea groups is 1. The zero-order valence-electron chi connectivity index (χ0n) is 13.6. The van der Waals surface area contributed by atoms with Crippen LogP contribution in [0, 0.1) is 0 Å². The van der Waals surface area contributed by atoms with Crippen molar-refractivity contribution in [2.45, 2.75) is 19.4 Å². The van der Waals surface area contributed by atoms with E-state index in [9.17, 15) is 4.79 Å². The van der Waals surface area contributed by atoms with Crippen LogP contribution in [-0.4, -0.2) is 30.7 Å². The Morgan fingerprint density at radius 3 is 2.58 bits per heavy atom. The molecule has 0 aromatic heterocycles. The third kappa shape index (κ3) is 2.66. The minimum Gasteiger partial charge on any atom is -0.486 e. The summed E-state index contributed by atoms with van der Waals surface area (Å²) in [5.74, 6) is 1.59. The lowest BCUT2D eigenvalue weighted by Gasteiger charge is -2.36. The quantitative estimate of drug-likeness (QED) is 0.872. The monoisotopic (exact) mass is 324 g/mol. The van der Waals surface area contributed by atoms with Gasteiger partial charge in [0.25, 0.3) is 0 Å². The van der Waals surface area contributed by atoms with Gasteiger partial charge in [0.1, 0.15) is 13.2 Å². The normalized spacial score (nSPS) is 18.7. The number of amides is 2. The molecule has 1 unspecified atom stereocenters. The molecule has 1 N–H and O–H groups in total. The summed E-state index contributed by atoms with van der Waals surface area (Å²) < 4.78 is 11.3. The number of carbonyl (C=O) groups is 1. The molecule has 0 saturated carbocycles. The van der Waals surface area contributed by atoms with Crippen molar-refractivity contribution in [3.63, 3.8) is 0 Å². The van der Waals surface area contributed by atoms with E-state index in [1.54, 1.807) is 0 Å². The first-order valence-electron chi connectivity index (χ1n) is 8.27. The molecule has 0 radical (unpaired) electrons. The van der Waals surface area contributed by atoms with Crippen molar-refractivity contribution in [1.29, 1.82) is 0 Å². The molecule has 2 aromatic carbocycles. The first-order valence-corrected chi connectivity index (χ1v) is 8.27. The van der Waals surface area contributed by atoms with Crippen molar-refractivity contribution in [1.82, 2.24) is 4.90 Å². The highest BCUT2D eigenvalue weighted by atomic mass is 16.6. The fraction of sp³-hybridized carbons (Fsp3) is 0.316. The number of ether oxygens (including phenoxy) is 2. The Kier molecular flexibility index (Phi) is 3.76. The summed E-state index contributed by atoms with van der Waals surface area (Å²) in [6, 6.07) is 13.5. The molecule has 5 heteroatoms. The van der Waals surface area contributed by atoms with Gasteiger partial charge in [-0.05, 0) is 48.7 Å². The Balaban J connectivity index is 1.57. The highest BCUT2D eigenvalue weighted by Crippen LogP contribution is 2.39. The second-order valence-electron chi connectivity index (χ2n) is 6.11. The Hall–Kier alpha value is -2.69. The highest BCUT2D eigenvalue weighted by Gasteiger charge is 2.29. The van der Waals surface area contributed by atoms with Gasteiger partial charge in [0.05, 0.1) is 6.04 Å². The number of carbonyl (C=O) groups excluding carboxylic acids is 1. The standard InChI is InChI=1S/C19H20N2O3/c1-13-16-12-18-17(23-9-10-24-18)11-14(16)7-8-21(13)19(22)20-15-5-3-2-4-6-15/h2-6,11-13H,7-10H2,1H3,(H,20,22). The van der Waals surface area contributed by atoms with Gasteiger partial charge in [-0.25, -0.2) is 4.79 Å². The van der Waals surface area contributed by atoms with Gasteiger partial charge in [0.15, 0.2) is 11.5 Å². The molecule has 124 valence electrons. The molecule has 1 atom stereocenters. The summed E-state index contributed by atoms with van der Waals surface area (Å²) in [5, 5.41) is 2.97. The van der Waals surface area contributed by atoms with E-state index in [-0.39, 0.29) is 12.1 Å². The lowest BCUT2D eigenvalue weighted by Crippen LogP contribution is -2.41. The first kappa shape index (κ1) is 14.9. The summed E-state index contributed by atoms with van der Waals surface area (Å²) in [5.41, 5.74) is 3.17. The van der Waals surface area contributed by atoms with Gasteiger partial charge >= 0.3 is 6.03 Å². The molecule has 4 rings (SSSR count). The topological polar surface area (TPSA) is 50.8 Å². The van der Waals surface area contributed by atoms with Crippen LogP contribution < -0.4 is 14.8 Å². The summed E-state index contributed by atoms with van der Waals surface area (Å²) >= 11 is 0. The molecule has 0 bridgehead atoms. The fourth-order valence-corrected chi connectivity index (χ4v) is 3.35. The van der Waals surface area contributed by atoms with E-state index in [1.165, 1.54) is 5.56 Å². The number of hydrogen-bond acceptors (Lipinski definition) is 3. The van der Waals surface area contributed by atoms with Gasteiger partial charge in [0.2, 0.25) is 0 Å². The van der Waals surface area contributed by atoms with Crippen LogP contribution in [0.3, 0.4) is 0 Å². The molecule has 2 aliphatic heterocycles. The van der Waals surface area contributed by atoms with Gasteiger partial charge in [0, 0.05) is 12.2 Å². The number of nitrogens with one attached hydrogen (secondary N) is 1. The van der Waals surface area contributed by atoms with E-state index >= 15 is 0 Å². The molecule has 5 nitrogen and oxygen atoms in total. The largest absolute Gasteiger partial charge is 0.486 e.